The van der Waals surface area contributed by atoms with Crippen LogP contribution in [0.2, 0.25) is 0 Å². The van der Waals surface area contributed by atoms with Gasteiger partial charge in [0, 0.05) is 6.61 Å². The molecule has 272 valence electrons. The van der Waals surface area contributed by atoms with E-state index in [1.807, 2.05) is 27.7 Å². The van der Waals surface area contributed by atoms with Crippen LogP contribution in [-0.2, 0) is 42.9 Å². The van der Waals surface area contributed by atoms with Gasteiger partial charge in [-0.1, -0.05) is 13.8 Å². The van der Waals surface area contributed by atoms with Gasteiger partial charge in [-0.15, -0.1) is 0 Å². The SMILES string of the molecule is CC1C2CCC(C2)C1C1C(=O)OC(=O)C1C1C2CC(CC2C(=O)OC(C)(C)C)C1C1C(C)C2OC1C(C(=O)O)C2C(=O)OCCCCCO. The summed E-state index contributed by atoms with van der Waals surface area (Å²) in [6, 6.07) is 0. The van der Waals surface area contributed by atoms with Crippen molar-refractivity contribution in [3.8, 4) is 0 Å². The molecule has 11 heteroatoms. The molecule has 2 N–H and O–H groups in total. The summed E-state index contributed by atoms with van der Waals surface area (Å²) in [6.07, 6.45) is 4.98. The van der Waals surface area contributed by atoms with Crippen LogP contribution in [0.15, 0.2) is 0 Å². The van der Waals surface area contributed by atoms with Gasteiger partial charge in [-0.3, -0.25) is 24.0 Å². The van der Waals surface area contributed by atoms with Gasteiger partial charge in [-0.2, -0.15) is 0 Å². The van der Waals surface area contributed by atoms with Crippen molar-refractivity contribution in [1.82, 2.24) is 0 Å². The summed E-state index contributed by atoms with van der Waals surface area (Å²) in [5.41, 5.74) is -0.679. The second-order valence-corrected chi connectivity index (χ2v) is 17.6. The molecule has 0 radical (unpaired) electrons. The number of hydrogen-bond donors (Lipinski definition) is 2. The molecule has 49 heavy (non-hydrogen) atoms. The number of esters is 4. The van der Waals surface area contributed by atoms with E-state index in [2.05, 4.69) is 6.92 Å². The van der Waals surface area contributed by atoms with E-state index in [0.29, 0.717) is 49.9 Å². The number of carbonyl (C=O) groups is 5. The Kier molecular flexibility index (Phi) is 9.19. The van der Waals surface area contributed by atoms with Crippen molar-refractivity contribution in [3.05, 3.63) is 0 Å². The van der Waals surface area contributed by atoms with Crippen molar-refractivity contribution in [2.45, 2.75) is 104 Å². The molecule has 11 nitrogen and oxygen atoms in total. The number of fused-ring (bicyclic) bond motifs is 6. The highest BCUT2D eigenvalue weighted by Crippen LogP contribution is 2.68. The Balaban J connectivity index is 1.21. The van der Waals surface area contributed by atoms with E-state index in [1.54, 1.807) is 0 Å². The molecule has 0 aromatic carbocycles. The number of carboxylic acid groups (broad SMARTS) is 1. The maximum atomic E-state index is 14.0. The first kappa shape index (κ1) is 34.9. The smallest absolute Gasteiger partial charge is 0.317 e. The van der Waals surface area contributed by atoms with Crippen LogP contribution >= 0.6 is 0 Å². The van der Waals surface area contributed by atoms with Crippen molar-refractivity contribution >= 4 is 29.8 Å². The lowest BCUT2D eigenvalue weighted by Gasteiger charge is -2.47. The van der Waals surface area contributed by atoms with Crippen LogP contribution in [0, 0.1) is 88.8 Å². The third-order valence-electron chi connectivity index (χ3n) is 14.2. The van der Waals surface area contributed by atoms with Gasteiger partial charge in [0.05, 0.1) is 48.4 Å². The zero-order valence-corrected chi connectivity index (χ0v) is 29.5. The average molecular weight is 687 g/mol. The highest BCUT2D eigenvalue weighted by molar-refractivity contribution is 5.97. The molecule has 3 heterocycles. The first-order chi connectivity index (χ1) is 23.2. The second kappa shape index (κ2) is 12.9. The first-order valence-electron chi connectivity index (χ1n) is 18.9. The van der Waals surface area contributed by atoms with Crippen molar-refractivity contribution in [1.29, 1.82) is 0 Å². The lowest BCUT2D eigenvalue weighted by Crippen LogP contribution is -2.53. The molecule has 3 saturated heterocycles. The molecular formula is C38H54O11. The predicted molar refractivity (Wildman–Crippen MR) is 172 cm³/mol. The predicted octanol–water partition coefficient (Wildman–Crippen LogP) is 4.27. The summed E-state index contributed by atoms with van der Waals surface area (Å²) in [5, 5.41) is 19.6. The minimum Gasteiger partial charge on any atom is -0.481 e. The maximum absolute atomic E-state index is 14.0. The van der Waals surface area contributed by atoms with Crippen LogP contribution < -0.4 is 0 Å². The fourth-order valence-corrected chi connectivity index (χ4v) is 12.6. The molecule has 17 atom stereocenters. The summed E-state index contributed by atoms with van der Waals surface area (Å²) < 4.78 is 23.5. The molecule has 3 aliphatic heterocycles. The molecule has 7 aliphatic rings. The van der Waals surface area contributed by atoms with Crippen molar-refractivity contribution in [2.75, 3.05) is 13.2 Å². The zero-order valence-electron chi connectivity index (χ0n) is 29.5. The Morgan fingerprint density at radius 2 is 1.47 bits per heavy atom. The maximum Gasteiger partial charge on any atom is 0.317 e. The van der Waals surface area contributed by atoms with Crippen LogP contribution in [0.4, 0.5) is 0 Å². The minimum atomic E-state index is -1.11. The molecule has 7 fully saturated rings. The van der Waals surface area contributed by atoms with Crippen molar-refractivity contribution < 1.29 is 53.1 Å². The lowest BCUT2D eigenvalue weighted by molar-refractivity contribution is -0.167. The number of carbonyl (C=O) groups excluding carboxylic acids is 4. The van der Waals surface area contributed by atoms with Crippen LogP contribution in [0.1, 0.15) is 86.0 Å². The van der Waals surface area contributed by atoms with E-state index >= 15 is 0 Å². The molecule has 0 amide bonds. The molecule has 4 aliphatic carbocycles. The van der Waals surface area contributed by atoms with E-state index in [4.69, 9.17) is 24.1 Å². The van der Waals surface area contributed by atoms with Crippen molar-refractivity contribution in [2.24, 2.45) is 88.8 Å². The number of hydrogen-bond acceptors (Lipinski definition) is 10. The number of aliphatic hydroxyl groups is 1. The molecule has 7 rings (SSSR count). The Morgan fingerprint density at radius 1 is 0.776 bits per heavy atom. The van der Waals surface area contributed by atoms with E-state index in [9.17, 15) is 29.1 Å². The van der Waals surface area contributed by atoms with E-state index in [0.717, 1.165) is 19.3 Å². The number of aliphatic carboxylic acids is 1. The van der Waals surface area contributed by atoms with Crippen LogP contribution in [0.25, 0.3) is 0 Å². The van der Waals surface area contributed by atoms with Crippen LogP contribution in [0.3, 0.4) is 0 Å². The van der Waals surface area contributed by atoms with E-state index in [-0.39, 0.29) is 60.6 Å². The normalized spacial score (nSPS) is 46.4. The average Bonchev–Trinajstić information content (AvgIpc) is 3.87. The van der Waals surface area contributed by atoms with Crippen molar-refractivity contribution in [3.63, 3.8) is 0 Å². The topological polar surface area (TPSA) is 163 Å². The van der Waals surface area contributed by atoms with Gasteiger partial charge >= 0.3 is 29.8 Å². The van der Waals surface area contributed by atoms with Gasteiger partial charge in [0.25, 0.3) is 0 Å². The second-order valence-electron chi connectivity index (χ2n) is 17.6. The third-order valence-corrected chi connectivity index (χ3v) is 14.2. The van der Waals surface area contributed by atoms with Gasteiger partial charge in [0.2, 0.25) is 0 Å². The Hall–Kier alpha value is -2.53. The Bertz CT molecular complexity index is 1350. The van der Waals surface area contributed by atoms with Gasteiger partial charge < -0.3 is 29.2 Å². The standard InChI is InChI=1S/C38H54O11/c1-16-18-9-10-19(13-18)23(16)27-28(37(45)48-36(27)44)26-21-14-20(15-22(21)34(42)49-38(3,4)5)25(26)24-17(2)31-30(29(33(40)41)32(24)47-31)35(43)46-12-8-6-7-11-39/h16-32,39H,6-15H2,1-5H3,(H,40,41). The Morgan fingerprint density at radius 3 is 2.10 bits per heavy atom. The number of cyclic esters (lactones) is 2. The first-order valence-corrected chi connectivity index (χ1v) is 18.9. The molecule has 6 bridgehead atoms. The summed E-state index contributed by atoms with van der Waals surface area (Å²) in [4.78, 5) is 67.6. The monoisotopic (exact) mass is 686 g/mol. The highest BCUT2D eigenvalue weighted by Gasteiger charge is 2.72. The quantitative estimate of drug-likeness (QED) is 0.138. The number of unbranched alkanes of at least 4 members (excludes halogenated alkanes) is 2. The molecular weight excluding hydrogens is 632 g/mol. The van der Waals surface area contributed by atoms with Gasteiger partial charge in [-0.25, -0.2) is 0 Å². The lowest BCUT2D eigenvalue weighted by atomic mass is 9.54. The van der Waals surface area contributed by atoms with E-state index in [1.165, 1.54) is 0 Å². The Labute approximate surface area is 288 Å². The fraction of sp³-hybridized carbons (Fsp3) is 0.868. The molecule has 0 aromatic heterocycles. The fourth-order valence-electron chi connectivity index (χ4n) is 12.6. The highest BCUT2D eigenvalue weighted by atomic mass is 16.6. The number of rotatable bonds is 11. The third kappa shape index (κ3) is 5.73. The van der Waals surface area contributed by atoms with Gasteiger partial charge in [0.1, 0.15) is 5.60 Å². The van der Waals surface area contributed by atoms with E-state index < -0.39 is 71.3 Å². The summed E-state index contributed by atoms with van der Waals surface area (Å²) in [7, 11) is 0. The van der Waals surface area contributed by atoms with Crippen LogP contribution in [-0.4, -0.2) is 71.1 Å². The number of aliphatic hydroxyl groups excluding tert-OH is 1. The van der Waals surface area contributed by atoms with Gasteiger partial charge in [0.15, 0.2) is 0 Å². The minimum absolute atomic E-state index is 0.0101. The zero-order chi connectivity index (χ0) is 35.1. The van der Waals surface area contributed by atoms with Gasteiger partial charge in [-0.05, 0) is 131 Å². The molecule has 0 spiro atoms. The summed E-state index contributed by atoms with van der Waals surface area (Å²) >= 11 is 0. The molecule has 0 aromatic rings. The summed E-state index contributed by atoms with van der Waals surface area (Å²) in [5.74, 6) is -6.67. The number of carboxylic acids is 1. The molecule has 4 saturated carbocycles. The largest absolute Gasteiger partial charge is 0.481 e. The number of ether oxygens (including phenoxy) is 4. The molecule has 17 unspecified atom stereocenters. The summed E-state index contributed by atoms with van der Waals surface area (Å²) in [6.45, 7) is 9.96. The van der Waals surface area contributed by atoms with Crippen LogP contribution in [0.5, 0.6) is 0 Å².